The van der Waals surface area contributed by atoms with E-state index in [-0.39, 0.29) is 0 Å². The van der Waals surface area contributed by atoms with Gasteiger partial charge in [-0.3, -0.25) is 0 Å². The molecule has 1 aliphatic rings. The number of rotatable bonds is 4. The SMILES string of the molecule is c1ccc([Si](c2ccccc2)(c2ccccc2)C2CN2)cc1. The van der Waals surface area contributed by atoms with Crippen molar-refractivity contribution in [2.45, 2.75) is 5.67 Å². The van der Waals surface area contributed by atoms with Crippen molar-refractivity contribution in [3.8, 4) is 0 Å². The van der Waals surface area contributed by atoms with Gasteiger partial charge in [-0.25, -0.2) is 0 Å². The van der Waals surface area contributed by atoms with Crippen molar-refractivity contribution in [1.82, 2.24) is 5.32 Å². The molecule has 0 bridgehead atoms. The lowest BCUT2D eigenvalue weighted by atomic mass is 10.3. The maximum absolute atomic E-state index is 3.63. The normalized spacial score (nSPS) is 17.2. The molecule has 1 unspecified atom stereocenters. The number of nitrogens with one attached hydrogen (secondary N) is 1. The molecular weight excluding hydrogens is 282 g/mol. The molecular formula is C20H19NSi. The van der Waals surface area contributed by atoms with Crippen molar-refractivity contribution < 1.29 is 0 Å². The van der Waals surface area contributed by atoms with Crippen molar-refractivity contribution >= 4 is 23.6 Å². The predicted molar refractivity (Wildman–Crippen MR) is 95.8 cm³/mol. The number of hydrogen-bond donors (Lipinski definition) is 1. The van der Waals surface area contributed by atoms with Crippen LogP contribution in [0.3, 0.4) is 0 Å². The van der Waals surface area contributed by atoms with Crippen LogP contribution in [0.15, 0.2) is 91.0 Å². The zero-order valence-corrected chi connectivity index (χ0v) is 13.4. The highest BCUT2D eigenvalue weighted by Crippen LogP contribution is 2.17. The molecule has 0 aliphatic carbocycles. The molecule has 2 heteroatoms. The largest absolute Gasteiger partial charge is 0.313 e. The van der Waals surface area contributed by atoms with E-state index in [2.05, 4.69) is 96.3 Å². The average Bonchev–Trinajstić information content (AvgIpc) is 3.44. The van der Waals surface area contributed by atoms with Gasteiger partial charge < -0.3 is 5.32 Å². The van der Waals surface area contributed by atoms with Crippen LogP contribution >= 0.6 is 0 Å². The fraction of sp³-hybridized carbons (Fsp3) is 0.100. The molecule has 108 valence electrons. The van der Waals surface area contributed by atoms with E-state index in [0.717, 1.165) is 6.54 Å². The van der Waals surface area contributed by atoms with Crippen LogP contribution in [0.2, 0.25) is 0 Å². The lowest BCUT2D eigenvalue weighted by molar-refractivity contribution is 1.27. The summed E-state index contributed by atoms with van der Waals surface area (Å²) in [6.45, 7) is 1.12. The number of hydrogen-bond acceptors (Lipinski definition) is 1. The van der Waals surface area contributed by atoms with Crippen molar-refractivity contribution in [2.24, 2.45) is 0 Å². The van der Waals surface area contributed by atoms with Crippen LogP contribution in [0.5, 0.6) is 0 Å². The quantitative estimate of drug-likeness (QED) is 0.442. The van der Waals surface area contributed by atoms with Gasteiger partial charge in [0.15, 0.2) is 8.07 Å². The second-order valence-electron chi connectivity index (χ2n) is 5.87. The molecule has 1 atom stereocenters. The molecule has 0 aromatic heterocycles. The Kier molecular flexibility index (Phi) is 3.41. The topological polar surface area (TPSA) is 21.9 Å². The Morgan fingerprint density at radius 3 is 1.18 bits per heavy atom. The van der Waals surface area contributed by atoms with Crippen LogP contribution < -0.4 is 20.9 Å². The molecule has 3 aromatic rings. The van der Waals surface area contributed by atoms with Crippen LogP contribution in [-0.2, 0) is 0 Å². The highest BCUT2D eigenvalue weighted by molar-refractivity contribution is 7.13. The van der Waals surface area contributed by atoms with Crippen molar-refractivity contribution in [3.63, 3.8) is 0 Å². The summed E-state index contributed by atoms with van der Waals surface area (Å²) in [6, 6.07) is 33.2. The van der Waals surface area contributed by atoms with Crippen molar-refractivity contribution in [1.29, 1.82) is 0 Å². The lowest BCUT2D eigenvalue weighted by Crippen LogP contribution is -2.72. The fourth-order valence-corrected chi connectivity index (χ4v) is 8.66. The Labute approximate surface area is 132 Å². The second kappa shape index (κ2) is 5.56. The molecule has 0 spiro atoms. The van der Waals surface area contributed by atoms with Crippen LogP contribution in [0.1, 0.15) is 0 Å². The third kappa shape index (κ3) is 2.12. The van der Waals surface area contributed by atoms with Gasteiger partial charge in [-0.15, -0.1) is 0 Å². The molecule has 0 saturated carbocycles. The molecule has 0 amide bonds. The lowest BCUT2D eigenvalue weighted by Gasteiger charge is -2.33. The Bertz CT molecular complexity index is 640. The standard InChI is InChI=1S/C20H19NSi/c1-4-10-17(11-5-1)22(20-16-21-20,18-12-6-2-7-13-18)19-14-8-3-9-15-19/h1-15,20-21H,16H2. The maximum Gasteiger partial charge on any atom is 0.166 e. The minimum absolute atomic E-state index is 0.583. The minimum Gasteiger partial charge on any atom is -0.313 e. The third-order valence-corrected chi connectivity index (χ3v) is 9.80. The van der Waals surface area contributed by atoms with Gasteiger partial charge >= 0.3 is 0 Å². The van der Waals surface area contributed by atoms with Gasteiger partial charge in [0.2, 0.25) is 0 Å². The smallest absolute Gasteiger partial charge is 0.166 e. The second-order valence-corrected chi connectivity index (χ2v) is 9.91. The first-order valence-electron chi connectivity index (χ1n) is 7.82. The highest BCUT2D eigenvalue weighted by Gasteiger charge is 2.51. The fourth-order valence-electron chi connectivity index (χ4n) is 3.57. The molecule has 1 heterocycles. The summed E-state index contributed by atoms with van der Waals surface area (Å²) in [5, 5.41) is 8.10. The highest BCUT2D eigenvalue weighted by atomic mass is 28.3. The summed E-state index contributed by atoms with van der Waals surface area (Å²) in [6.07, 6.45) is 0. The van der Waals surface area contributed by atoms with E-state index in [1.165, 1.54) is 15.6 Å². The van der Waals surface area contributed by atoms with E-state index in [0.29, 0.717) is 5.67 Å². The monoisotopic (exact) mass is 301 g/mol. The van der Waals surface area contributed by atoms with Gasteiger partial charge in [-0.2, -0.15) is 0 Å². The first-order valence-corrected chi connectivity index (χ1v) is 9.90. The zero-order valence-electron chi connectivity index (χ0n) is 12.4. The summed E-state index contributed by atoms with van der Waals surface area (Å²) < 4.78 is 0. The Morgan fingerprint density at radius 1 is 0.591 bits per heavy atom. The van der Waals surface area contributed by atoms with Gasteiger partial charge in [-0.1, -0.05) is 91.0 Å². The van der Waals surface area contributed by atoms with E-state index in [1.807, 2.05) is 0 Å². The van der Waals surface area contributed by atoms with Crippen molar-refractivity contribution in [2.75, 3.05) is 6.54 Å². The summed E-state index contributed by atoms with van der Waals surface area (Å²) in [4.78, 5) is 0. The van der Waals surface area contributed by atoms with E-state index in [9.17, 15) is 0 Å². The first-order chi connectivity index (χ1) is 10.9. The summed E-state index contributed by atoms with van der Waals surface area (Å²) in [5.74, 6) is 0. The Morgan fingerprint density at radius 2 is 0.909 bits per heavy atom. The molecule has 1 N–H and O–H groups in total. The van der Waals surface area contributed by atoms with Gasteiger partial charge in [0.1, 0.15) is 0 Å². The van der Waals surface area contributed by atoms with Gasteiger partial charge in [0, 0.05) is 12.2 Å². The average molecular weight is 301 g/mol. The zero-order chi connectivity index (χ0) is 14.8. The molecule has 3 aromatic carbocycles. The molecule has 0 radical (unpaired) electrons. The Hall–Kier alpha value is -2.16. The van der Waals surface area contributed by atoms with Crippen LogP contribution in [0.25, 0.3) is 0 Å². The van der Waals surface area contributed by atoms with Crippen molar-refractivity contribution in [3.05, 3.63) is 91.0 Å². The van der Waals surface area contributed by atoms with E-state index < -0.39 is 8.07 Å². The van der Waals surface area contributed by atoms with Crippen LogP contribution in [-0.4, -0.2) is 20.3 Å². The van der Waals surface area contributed by atoms with Gasteiger partial charge in [0.05, 0.1) is 0 Å². The summed E-state index contributed by atoms with van der Waals surface area (Å²) in [7, 11) is -2.00. The Balaban J connectivity index is 2.02. The minimum atomic E-state index is -2.00. The first kappa shape index (κ1) is 13.5. The van der Waals surface area contributed by atoms with E-state index in [4.69, 9.17) is 0 Å². The molecule has 22 heavy (non-hydrogen) atoms. The predicted octanol–water partition coefficient (Wildman–Crippen LogP) is 1.67. The molecule has 1 saturated heterocycles. The van der Waals surface area contributed by atoms with E-state index in [1.54, 1.807) is 0 Å². The third-order valence-electron chi connectivity index (χ3n) is 4.62. The molecule has 1 nitrogen and oxygen atoms in total. The van der Waals surface area contributed by atoms with Crippen LogP contribution in [0.4, 0.5) is 0 Å². The summed E-state index contributed by atoms with van der Waals surface area (Å²) in [5.41, 5.74) is 0.583. The van der Waals surface area contributed by atoms with Gasteiger partial charge in [-0.05, 0) is 15.6 Å². The molecule has 4 rings (SSSR count). The summed E-state index contributed by atoms with van der Waals surface area (Å²) >= 11 is 0. The molecule has 1 fully saturated rings. The maximum atomic E-state index is 3.63. The molecule has 1 aliphatic heterocycles. The van der Waals surface area contributed by atoms with E-state index >= 15 is 0 Å². The number of benzene rings is 3. The van der Waals surface area contributed by atoms with Crippen LogP contribution in [0, 0.1) is 0 Å². The van der Waals surface area contributed by atoms with Gasteiger partial charge in [0.25, 0.3) is 0 Å².